The van der Waals surface area contributed by atoms with Gasteiger partial charge < -0.3 is 0 Å². The average molecular weight is 286 g/mol. The monoisotopic (exact) mass is 286 g/mol. The predicted molar refractivity (Wildman–Crippen MR) is 73.9 cm³/mol. The number of nitrogens with zero attached hydrogens (tertiary/aromatic N) is 2. The molecule has 7 heteroatoms. The number of aromatic nitrogens is 2. The van der Waals surface area contributed by atoms with Gasteiger partial charge in [-0.05, 0) is 31.2 Å². The van der Waals surface area contributed by atoms with Gasteiger partial charge in [-0.1, -0.05) is 12.8 Å². The summed E-state index contributed by atoms with van der Waals surface area (Å²) in [6, 6.07) is 0.173. The fourth-order valence-electron chi connectivity index (χ4n) is 2.47. The van der Waals surface area contributed by atoms with Gasteiger partial charge in [-0.2, -0.15) is 17.8 Å². The summed E-state index contributed by atoms with van der Waals surface area (Å²) in [6.45, 7) is 0.463. The second-order valence-electron chi connectivity index (χ2n) is 5.06. The van der Waals surface area contributed by atoms with Crippen LogP contribution in [-0.4, -0.2) is 42.6 Å². The Morgan fingerprint density at radius 1 is 1.47 bits per heavy atom. The molecule has 1 aliphatic rings. The zero-order valence-electron chi connectivity index (χ0n) is 11.3. The molecule has 0 radical (unpaired) electrons. The molecular formula is C12H22N4O2S. The van der Waals surface area contributed by atoms with Crippen molar-refractivity contribution in [1.29, 1.82) is 0 Å². The summed E-state index contributed by atoms with van der Waals surface area (Å²) in [6.07, 6.45) is 9.41. The van der Waals surface area contributed by atoms with Gasteiger partial charge in [0.05, 0.1) is 6.20 Å². The summed E-state index contributed by atoms with van der Waals surface area (Å²) in [5.41, 5.74) is 1.10. The van der Waals surface area contributed by atoms with Crippen molar-refractivity contribution in [2.45, 2.75) is 44.6 Å². The second-order valence-corrected chi connectivity index (χ2v) is 6.88. The van der Waals surface area contributed by atoms with E-state index in [2.05, 4.69) is 14.9 Å². The topological polar surface area (TPSA) is 78.1 Å². The van der Waals surface area contributed by atoms with Gasteiger partial charge in [0, 0.05) is 25.8 Å². The molecule has 1 aliphatic carbocycles. The Balaban J connectivity index is 1.74. The van der Waals surface area contributed by atoms with Gasteiger partial charge in [-0.3, -0.25) is 5.10 Å². The lowest BCUT2D eigenvalue weighted by Gasteiger charge is -2.23. The van der Waals surface area contributed by atoms with E-state index < -0.39 is 10.2 Å². The minimum Gasteiger partial charge on any atom is -0.285 e. The van der Waals surface area contributed by atoms with Crippen LogP contribution in [0.3, 0.4) is 0 Å². The molecule has 108 valence electrons. The minimum absolute atomic E-state index is 0.173. The minimum atomic E-state index is -3.32. The molecule has 0 saturated heterocycles. The first-order valence-electron chi connectivity index (χ1n) is 6.80. The molecular weight excluding hydrogens is 264 g/mol. The van der Waals surface area contributed by atoms with Gasteiger partial charge in [-0.15, -0.1) is 0 Å². The highest BCUT2D eigenvalue weighted by Crippen LogP contribution is 2.23. The van der Waals surface area contributed by atoms with Gasteiger partial charge in [0.25, 0.3) is 10.2 Å². The Bertz CT molecular complexity index is 466. The SMILES string of the molecule is CN(C1CCCC1)S(=O)(=O)NCCCc1cn[nH]c1. The van der Waals surface area contributed by atoms with Crippen molar-refractivity contribution in [2.75, 3.05) is 13.6 Å². The van der Waals surface area contributed by atoms with Crippen molar-refractivity contribution in [1.82, 2.24) is 19.2 Å². The molecule has 0 aromatic carbocycles. The van der Waals surface area contributed by atoms with Crippen molar-refractivity contribution in [3.8, 4) is 0 Å². The maximum absolute atomic E-state index is 12.1. The Kier molecular flexibility index (Phi) is 4.95. The zero-order valence-corrected chi connectivity index (χ0v) is 12.1. The number of aromatic amines is 1. The van der Waals surface area contributed by atoms with Crippen LogP contribution in [0.4, 0.5) is 0 Å². The fourth-order valence-corrected chi connectivity index (χ4v) is 3.68. The first-order valence-corrected chi connectivity index (χ1v) is 8.24. The third-order valence-electron chi connectivity index (χ3n) is 3.70. The number of rotatable bonds is 7. The molecule has 2 rings (SSSR count). The van der Waals surface area contributed by atoms with E-state index in [0.717, 1.165) is 44.1 Å². The lowest BCUT2D eigenvalue weighted by atomic mass is 10.2. The van der Waals surface area contributed by atoms with Gasteiger partial charge in [-0.25, -0.2) is 4.72 Å². The van der Waals surface area contributed by atoms with Crippen LogP contribution >= 0.6 is 0 Å². The van der Waals surface area contributed by atoms with Crippen LogP contribution in [0.25, 0.3) is 0 Å². The van der Waals surface area contributed by atoms with Gasteiger partial charge in [0.15, 0.2) is 0 Å². The predicted octanol–water partition coefficient (Wildman–Crippen LogP) is 1.05. The van der Waals surface area contributed by atoms with Crippen molar-refractivity contribution < 1.29 is 8.42 Å². The molecule has 2 N–H and O–H groups in total. The normalized spacial score (nSPS) is 17.4. The van der Waals surface area contributed by atoms with Crippen LogP contribution in [0, 0.1) is 0 Å². The molecule has 1 heterocycles. The van der Waals surface area contributed by atoms with E-state index in [1.54, 1.807) is 13.2 Å². The first kappa shape index (κ1) is 14.5. The zero-order chi connectivity index (χ0) is 13.7. The average Bonchev–Trinajstić information content (AvgIpc) is 3.06. The van der Waals surface area contributed by atoms with E-state index in [1.165, 1.54) is 4.31 Å². The summed E-state index contributed by atoms with van der Waals surface area (Å²) in [5, 5.41) is 6.60. The highest BCUT2D eigenvalue weighted by atomic mass is 32.2. The van der Waals surface area contributed by atoms with Crippen molar-refractivity contribution in [3.05, 3.63) is 18.0 Å². The smallest absolute Gasteiger partial charge is 0.279 e. The molecule has 0 aliphatic heterocycles. The molecule has 1 aromatic rings. The Morgan fingerprint density at radius 2 is 2.21 bits per heavy atom. The lowest BCUT2D eigenvalue weighted by Crippen LogP contribution is -2.43. The first-order chi connectivity index (χ1) is 9.09. The van der Waals surface area contributed by atoms with Gasteiger partial charge in [0.2, 0.25) is 0 Å². The number of aryl methyl sites for hydroxylation is 1. The Labute approximate surface area is 114 Å². The summed E-state index contributed by atoms with van der Waals surface area (Å²) >= 11 is 0. The number of H-pyrrole nitrogens is 1. The van der Waals surface area contributed by atoms with E-state index in [9.17, 15) is 8.42 Å². The van der Waals surface area contributed by atoms with Crippen LogP contribution in [0.15, 0.2) is 12.4 Å². The molecule has 0 amide bonds. The van der Waals surface area contributed by atoms with E-state index >= 15 is 0 Å². The van der Waals surface area contributed by atoms with E-state index in [4.69, 9.17) is 0 Å². The van der Waals surface area contributed by atoms with Crippen LogP contribution in [0.2, 0.25) is 0 Å². The van der Waals surface area contributed by atoms with Crippen molar-refractivity contribution in [3.63, 3.8) is 0 Å². The maximum Gasteiger partial charge on any atom is 0.279 e. The Morgan fingerprint density at radius 3 is 2.84 bits per heavy atom. The van der Waals surface area contributed by atoms with Crippen molar-refractivity contribution >= 4 is 10.2 Å². The Hall–Kier alpha value is -0.920. The van der Waals surface area contributed by atoms with Gasteiger partial charge in [0.1, 0.15) is 0 Å². The summed E-state index contributed by atoms with van der Waals surface area (Å²) < 4.78 is 28.3. The molecule has 6 nitrogen and oxygen atoms in total. The second kappa shape index (κ2) is 6.49. The summed E-state index contributed by atoms with van der Waals surface area (Å²) in [7, 11) is -1.65. The van der Waals surface area contributed by atoms with Crippen molar-refractivity contribution in [2.24, 2.45) is 0 Å². The molecule has 1 fully saturated rings. The molecule has 0 unspecified atom stereocenters. The van der Waals surface area contributed by atoms with Crippen LogP contribution in [0.5, 0.6) is 0 Å². The standard InChI is InChI=1S/C12H22N4O2S/c1-16(12-6-2-3-7-12)19(17,18)15-8-4-5-11-9-13-14-10-11/h9-10,12,15H,2-8H2,1H3,(H,13,14). The number of hydrogen-bond acceptors (Lipinski definition) is 3. The number of hydrogen-bond donors (Lipinski definition) is 2. The van der Waals surface area contributed by atoms with Crippen LogP contribution in [0.1, 0.15) is 37.7 Å². The summed E-state index contributed by atoms with van der Waals surface area (Å²) in [5.74, 6) is 0. The molecule has 1 saturated carbocycles. The number of nitrogens with one attached hydrogen (secondary N) is 2. The molecule has 0 spiro atoms. The summed E-state index contributed by atoms with van der Waals surface area (Å²) in [4.78, 5) is 0. The maximum atomic E-state index is 12.1. The third kappa shape index (κ3) is 4.02. The quantitative estimate of drug-likeness (QED) is 0.735. The lowest BCUT2D eigenvalue weighted by molar-refractivity contribution is 0.366. The fraction of sp³-hybridized carbons (Fsp3) is 0.750. The molecule has 1 aromatic heterocycles. The molecule has 0 atom stereocenters. The van der Waals surface area contributed by atoms with Crippen LogP contribution in [-0.2, 0) is 16.6 Å². The molecule has 19 heavy (non-hydrogen) atoms. The van der Waals surface area contributed by atoms with Gasteiger partial charge >= 0.3 is 0 Å². The highest BCUT2D eigenvalue weighted by Gasteiger charge is 2.27. The third-order valence-corrected chi connectivity index (χ3v) is 5.32. The van der Waals surface area contributed by atoms with E-state index in [-0.39, 0.29) is 6.04 Å². The largest absolute Gasteiger partial charge is 0.285 e. The van der Waals surface area contributed by atoms with E-state index in [1.807, 2.05) is 6.20 Å². The van der Waals surface area contributed by atoms with Crippen LogP contribution < -0.4 is 4.72 Å². The van der Waals surface area contributed by atoms with E-state index in [0.29, 0.717) is 6.54 Å². The molecule has 0 bridgehead atoms. The highest BCUT2D eigenvalue weighted by molar-refractivity contribution is 7.87.